The summed E-state index contributed by atoms with van der Waals surface area (Å²) in [4.78, 5) is 23.6. The molecule has 5 nitrogen and oxygen atoms in total. The molecule has 1 fully saturated rings. The van der Waals surface area contributed by atoms with Crippen molar-refractivity contribution in [1.82, 2.24) is 0 Å². The molecule has 0 heterocycles. The van der Waals surface area contributed by atoms with Gasteiger partial charge >= 0.3 is 11.9 Å². The van der Waals surface area contributed by atoms with Crippen LogP contribution in [0.15, 0.2) is 72.8 Å². The van der Waals surface area contributed by atoms with Gasteiger partial charge < -0.3 is 13.6 Å². The van der Waals surface area contributed by atoms with E-state index in [-0.39, 0.29) is 30.2 Å². The first kappa shape index (κ1) is 33.0. The van der Waals surface area contributed by atoms with Crippen LogP contribution in [0, 0.1) is 17.3 Å². The first-order valence-corrected chi connectivity index (χ1v) is 20.0. The minimum atomic E-state index is -2.69. The third-order valence-corrected chi connectivity index (χ3v) is 17.7. The molecule has 3 rings (SSSR count). The van der Waals surface area contributed by atoms with Gasteiger partial charge in [-0.3, -0.25) is 9.59 Å². The lowest BCUT2D eigenvalue weighted by Gasteiger charge is -2.48. The molecule has 2 aromatic carbocycles. The van der Waals surface area contributed by atoms with E-state index in [2.05, 4.69) is 114 Å². The lowest BCUT2D eigenvalue weighted by atomic mass is 9.86. The summed E-state index contributed by atoms with van der Waals surface area (Å²) < 4.78 is 18.9. The molecule has 0 N–H and O–H groups in total. The Kier molecular flexibility index (Phi) is 11.0. The van der Waals surface area contributed by atoms with Gasteiger partial charge in [-0.15, -0.1) is 0 Å². The number of hydrogen-bond acceptors (Lipinski definition) is 5. The molecule has 0 radical (unpaired) electrons. The summed E-state index contributed by atoms with van der Waals surface area (Å²) in [5.41, 5.74) is -0.396. The number of ether oxygens (including phenoxy) is 2. The molecule has 41 heavy (non-hydrogen) atoms. The van der Waals surface area contributed by atoms with Gasteiger partial charge in [0.05, 0.1) is 0 Å². The molecule has 0 aliphatic heterocycles. The number of benzene rings is 2. The number of allylic oxidation sites excluding steroid dienone is 2. The van der Waals surface area contributed by atoms with Crippen LogP contribution in [-0.2, 0) is 23.2 Å². The average molecular weight is 595 g/mol. The molecular formula is C34H50O5Si2. The highest BCUT2D eigenvalue weighted by Gasteiger charge is 2.54. The van der Waals surface area contributed by atoms with Gasteiger partial charge in [0.15, 0.2) is 8.32 Å². The molecule has 0 amide bonds. The zero-order valence-electron chi connectivity index (χ0n) is 26.4. The van der Waals surface area contributed by atoms with Crippen LogP contribution in [0.4, 0.5) is 0 Å². The topological polar surface area (TPSA) is 61.8 Å². The lowest BCUT2D eigenvalue weighted by Crippen LogP contribution is -2.70. The van der Waals surface area contributed by atoms with E-state index >= 15 is 0 Å². The van der Waals surface area contributed by atoms with Crippen LogP contribution in [0.1, 0.15) is 60.8 Å². The minimum absolute atomic E-state index is 0.0917. The second-order valence-corrected chi connectivity index (χ2v) is 22.2. The molecule has 0 spiro atoms. The van der Waals surface area contributed by atoms with E-state index in [9.17, 15) is 9.59 Å². The average Bonchev–Trinajstić information content (AvgIpc) is 3.25. The number of carbonyl (C=O) groups excluding carboxylic acids is 2. The van der Waals surface area contributed by atoms with E-state index < -0.39 is 22.0 Å². The molecule has 1 saturated carbocycles. The van der Waals surface area contributed by atoms with Crippen LogP contribution < -0.4 is 10.4 Å². The molecule has 1 aliphatic rings. The van der Waals surface area contributed by atoms with Crippen molar-refractivity contribution in [3.63, 3.8) is 0 Å². The van der Waals surface area contributed by atoms with Crippen LogP contribution in [0.2, 0.25) is 24.2 Å². The number of esters is 2. The van der Waals surface area contributed by atoms with Gasteiger partial charge in [0.1, 0.15) is 13.2 Å². The molecule has 224 valence electrons. The van der Waals surface area contributed by atoms with Crippen molar-refractivity contribution in [2.24, 2.45) is 17.3 Å². The Morgan fingerprint density at radius 1 is 0.878 bits per heavy atom. The van der Waals surface area contributed by atoms with Crippen molar-refractivity contribution >= 4 is 38.9 Å². The van der Waals surface area contributed by atoms with E-state index in [0.29, 0.717) is 11.8 Å². The van der Waals surface area contributed by atoms with Gasteiger partial charge in [-0.05, 0) is 65.6 Å². The van der Waals surface area contributed by atoms with Crippen LogP contribution in [0.25, 0.3) is 0 Å². The SMILES string of the molecule is CC/C=C/[C@@H]1CC(COC(C)=O)(COC(C)=O)C[C@H]1C[Si](C)(C)O[Si](c1ccccc1)(c1ccccc1)C(C)(C)C. The van der Waals surface area contributed by atoms with E-state index in [1.807, 2.05) is 0 Å². The predicted octanol–water partition coefficient (Wildman–Crippen LogP) is 6.87. The second kappa shape index (κ2) is 13.7. The second-order valence-electron chi connectivity index (χ2n) is 13.5. The Balaban J connectivity index is 2.02. The monoisotopic (exact) mass is 594 g/mol. The molecule has 7 heteroatoms. The van der Waals surface area contributed by atoms with E-state index in [4.69, 9.17) is 13.6 Å². The fourth-order valence-corrected chi connectivity index (χ4v) is 17.7. The normalized spacial score (nSPS) is 19.3. The molecule has 0 saturated heterocycles. The summed E-state index contributed by atoms with van der Waals surface area (Å²) >= 11 is 0. The van der Waals surface area contributed by atoms with E-state index in [1.54, 1.807) is 0 Å². The van der Waals surface area contributed by atoms with Crippen molar-refractivity contribution in [3.8, 4) is 0 Å². The van der Waals surface area contributed by atoms with Crippen molar-refractivity contribution in [2.45, 2.75) is 85.0 Å². The Morgan fingerprint density at radius 2 is 1.37 bits per heavy atom. The number of carbonyl (C=O) groups is 2. The first-order valence-electron chi connectivity index (χ1n) is 15.0. The van der Waals surface area contributed by atoms with Crippen molar-refractivity contribution in [3.05, 3.63) is 72.8 Å². The lowest BCUT2D eigenvalue weighted by molar-refractivity contribution is -0.151. The molecule has 2 atom stereocenters. The highest BCUT2D eigenvalue weighted by Crippen LogP contribution is 2.51. The zero-order chi connectivity index (χ0) is 30.3. The number of rotatable bonds is 12. The van der Waals surface area contributed by atoms with Gasteiger partial charge in [-0.1, -0.05) is 101 Å². The zero-order valence-corrected chi connectivity index (χ0v) is 28.4. The van der Waals surface area contributed by atoms with Crippen molar-refractivity contribution in [1.29, 1.82) is 0 Å². The first-order chi connectivity index (χ1) is 19.2. The summed E-state index contributed by atoms with van der Waals surface area (Å²) in [5, 5.41) is 2.50. The van der Waals surface area contributed by atoms with Crippen LogP contribution in [0.3, 0.4) is 0 Å². The molecule has 2 aromatic rings. The summed E-state index contributed by atoms with van der Waals surface area (Å²) in [6, 6.07) is 22.6. The highest BCUT2D eigenvalue weighted by atomic mass is 28.4. The minimum Gasteiger partial charge on any atom is -0.465 e. The third kappa shape index (κ3) is 8.30. The van der Waals surface area contributed by atoms with Crippen LogP contribution >= 0.6 is 0 Å². The Hall–Kier alpha value is -2.49. The Morgan fingerprint density at radius 3 is 1.78 bits per heavy atom. The van der Waals surface area contributed by atoms with Gasteiger partial charge in [-0.25, -0.2) is 0 Å². The molecule has 0 unspecified atom stereocenters. The van der Waals surface area contributed by atoms with Crippen LogP contribution in [-0.4, -0.2) is 41.8 Å². The fraction of sp³-hybridized carbons (Fsp3) is 0.529. The van der Waals surface area contributed by atoms with Gasteiger partial charge in [0.25, 0.3) is 8.32 Å². The summed E-state index contributed by atoms with van der Waals surface area (Å²) in [6.45, 7) is 17.3. The predicted molar refractivity (Wildman–Crippen MR) is 172 cm³/mol. The summed E-state index contributed by atoms with van der Waals surface area (Å²) in [6.07, 6.45) is 7.18. The standard InChI is InChI=1S/C34H50O5Si2/c1-9-10-17-29-22-34(25-37-27(2)35,26-38-28(3)36)23-30(29)24-40(7,8)39-41(33(4,5)6,31-18-13-11-14-19-31)32-20-15-12-16-21-32/h10-21,29-30H,9,22-26H2,1-8H3/b17-10+/t29-,30+/m1/s1. The molecule has 0 bridgehead atoms. The molecule has 1 aliphatic carbocycles. The van der Waals surface area contributed by atoms with Gasteiger partial charge in [-0.2, -0.15) is 0 Å². The maximum absolute atomic E-state index is 11.8. The maximum atomic E-state index is 11.8. The number of hydrogen-bond donors (Lipinski definition) is 0. The van der Waals surface area contributed by atoms with Crippen LogP contribution in [0.5, 0.6) is 0 Å². The van der Waals surface area contributed by atoms with E-state index in [1.165, 1.54) is 24.2 Å². The van der Waals surface area contributed by atoms with E-state index in [0.717, 1.165) is 25.3 Å². The quantitative estimate of drug-likeness (QED) is 0.152. The largest absolute Gasteiger partial charge is 0.465 e. The summed E-state index contributed by atoms with van der Waals surface area (Å²) in [5.74, 6) is 0.0291. The third-order valence-electron chi connectivity index (χ3n) is 8.35. The highest BCUT2D eigenvalue weighted by molar-refractivity contribution is 7.04. The Labute approximate surface area is 249 Å². The molecular weight excluding hydrogens is 545 g/mol. The molecule has 0 aromatic heterocycles. The van der Waals surface area contributed by atoms with Crippen molar-refractivity contribution < 1.29 is 23.2 Å². The smallest absolute Gasteiger partial charge is 0.302 e. The fourth-order valence-electron chi connectivity index (χ4n) is 6.74. The van der Waals surface area contributed by atoms with Crippen molar-refractivity contribution in [2.75, 3.05) is 13.2 Å². The summed E-state index contributed by atoms with van der Waals surface area (Å²) in [7, 11) is -4.99. The maximum Gasteiger partial charge on any atom is 0.302 e. The van der Waals surface area contributed by atoms with Gasteiger partial charge in [0, 0.05) is 19.3 Å². The Bertz CT molecular complexity index is 1110. The van der Waals surface area contributed by atoms with Gasteiger partial charge in [0.2, 0.25) is 0 Å².